The molecule has 2 fully saturated rings. The van der Waals surface area contributed by atoms with Crippen LogP contribution in [-0.2, 0) is 4.79 Å². The SMILES string of the molecule is CC(C(=O)NC1CCCC1)N1CCC(N)C(C)(C)C1. The Morgan fingerprint density at radius 1 is 1.32 bits per heavy atom. The van der Waals surface area contributed by atoms with E-state index in [1.54, 1.807) is 0 Å². The first-order valence-corrected chi connectivity index (χ1v) is 7.70. The second-order valence-corrected chi connectivity index (χ2v) is 7.02. The lowest BCUT2D eigenvalue weighted by Crippen LogP contribution is -2.57. The molecule has 2 atom stereocenters. The maximum atomic E-state index is 12.3. The summed E-state index contributed by atoms with van der Waals surface area (Å²) in [6.07, 6.45) is 5.79. The van der Waals surface area contributed by atoms with E-state index < -0.39 is 0 Å². The zero-order valence-electron chi connectivity index (χ0n) is 12.6. The van der Waals surface area contributed by atoms with Crippen molar-refractivity contribution in [3.05, 3.63) is 0 Å². The number of hydrogen-bond acceptors (Lipinski definition) is 3. The fourth-order valence-electron chi connectivity index (χ4n) is 3.30. The van der Waals surface area contributed by atoms with Gasteiger partial charge in [-0.05, 0) is 31.6 Å². The van der Waals surface area contributed by atoms with Crippen molar-refractivity contribution in [2.24, 2.45) is 11.1 Å². The smallest absolute Gasteiger partial charge is 0.237 e. The van der Waals surface area contributed by atoms with Gasteiger partial charge in [0.25, 0.3) is 0 Å². The zero-order valence-corrected chi connectivity index (χ0v) is 12.6. The van der Waals surface area contributed by atoms with Gasteiger partial charge >= 0.3 is 0 Å². The predicted molar refractivity (Wildman–Crippen MR) is 77.8 cm³/mol. The van der Waals surface area contributed by atoms with Crippen LogP contribution in [0.2, 0.25) is 0 Å². The molecule has 1 aliphatic heterocycles. The minimum atomic E-state index is -0.0348. The Balaban J connectivity index is 1.88. The summed E-state index contributed by atoms with van der Waals surface area (Å²) in [5.74, 6) is 0.193. The van der Waals surface area contributed by atoms with Gasteiger partial charge in [0.05, 0.1) is 6.04 Å². The third kappa shape index (κ3) is 3.48. The molecule has 4 nitrogen and oxygen atoms in total. The normalized spacial score (nSPS) is 30.2. The van der Waals surface area contributed by atoms with E-state index >= 15 is 0 Å². The predicted octanol–water partition coefficient (Wildman–Crippen LogP) is 1.49. The highest BCUT2D eigenvalue weighted by Gasteiger charge is 2.37. The average Bonchev–Trinajstić information content (AvgIpc) is 2.84. The van der Waals surface area contributed by atoms with Crippen LogP contribution in [0.25, 0.3) is 0 Å². The summed E-state index contributed by atoms with van der Waals surface area (Å²) >= 11 is 0. The lowest BCUT2D eigenvalue weighted by atomic mass is 9.79. The number of nitrogens with one attached hydrogen (secondary N) is 1. The Hall–Kier alpha value is -0.610. The Kier molecular flexibility index (Phi) is 4.51. The molecule has 3 N–H and O–H groups in total. The molecule has 2 aliphatic rings. The number of nitrogens with zero attached hydrogens (tertiary/aromatic N) is 1. The highest BCUT2D eigenvalue weighted by Crippen LogP contribution is 2.29. The largest absolute Gasteiger partial charge is 0.352 e. The molecule has 0 aromatic carbocycles. The molecule has 110 valence electrons. The van der Waals surface area contributed by atoms with Crippen LogP contribution in [0, 0.1) is 5.41 Å². The van der Waals surface area contributed by atoms with E-state index in [2.05, 4.69) is 24.1 Å². The van der Waals surface area contributed by atoms with E-state index in [4.69, 9.17) is 5.73 Å². The number of carbonyl (C=O) groups is 1. The first kappa shape index (κ1) is 14.8. The topological polar surface area (TPSA) is 58.4 Å². The molecular formula is C15H29N3O. The average molecular weight is 267 g/mol. The minimum Gasteiger partial charge on any atom is -0.352 e. The van der Waals surface area contributed by atoms with Crippen LogP contribution in [0.5, 0.6) is 0 Å². The number of nitrogens with two attached hydrogens (primary N) is 1. The van der Waals surface area contributed by atoms with Gasteiger partial charge in [0.2, 0.25) is 5.91 Å². The molecule has 0 aromatic rings. The second kappa shape index (κ2) is 5.80. The molecule has 19 heavy (non-hydrogen) atoms. The highest BCUT2D eigenvalue weighted by molar-refractivity contribution is 5.81. The van der Waals surface area contributed by atoms with E-state index in [9.17, 15) is 4.79 Å². The van der Waals surface area contributed by atoms with Gasteiger partial charge in [0.1, 0.15) is 0 Å². The molecule has 1 amide bonds. The van der Waals surface area contributed by atoms with E-state index in [1.165, 1.54) is 12.8 Å². The van der Waals surface area contributed by atoms with Gasteiger partial charge in [-0.3, -0.25) is 9.69 Å². The summed E-state index contributed by atoms with van der Waals surface area (Å²) < 4.78 is 0. The van der Waals surface area contributed by atoms with Crippen LogP contribution < -0.4 is 11.1 Å². The van der Waals surface area contributed by atoms with Crippen molar-refractivity contribution < 1.29 is 4.79 Å². The molecular weight excluding hydrogens is 238 g/mol. The fraction of sp³-hybridized carbons (Fsp3) is 0.933. The monoisotopic (exact) mass is 267 g/mol. The molecule has 1 saturated carbocycles. The van der Waals surface area contributed by atoms with Crippen molar-refractivity contribution in [1.82, 2.24) is 10.2 Å². The van der Waals surface area contributed by atoms with E-state index in [0.717, 1.165) is 32.4 Å². The van der Waals surface area contributed by atoms with Crippen LogP contribution in [0.1, 0.15) is 52.9 Å². The fourth-order valence-corrected chi connectivity index (χ4v) is 3.30. The summed E-state index contributed by atoms with van der Waals surface area (Å²) in [5.41, 5.74) is 6.25. The Morgan fingerprint density at radius 2 is 1.95 bits per heavy atom. The number of likely N-dealkylation sites (tertiary alicyclic amines) is 1. The Bertz CT molecular complexity index is 323. The number of rotatable bonds is 3. The van der Waals surface area contributed by atoms with Crippen molar-refractivity contribution >= 4 is 5.91 Å². The number of carbonyl (C=O) groups excluding carboxylic acids is 1. The molecule has 0 aromatic heterocycles. The third-order valence-corrected chi connectivity index (χ3v) is 4.97. The lowest BCUT2D eigenvalue weighted by Gasteiger charge is -2.44. The van der Waals surface area contributed by atoms with E-state index in [-0.39, 0.29) is 23.4 Å². The lowest BCUT2D eigenvalue weighted by molar-refractivity contribution is -0.127. The number of hydrogen-bond donors (Lipinski definition) is 2. The Labute approximate surface area is 117 Å². The molecule has 1 heterocycles. The van der Waals surface area contributed by atoms with Crippen LogP contribution in [0.15, 0.2) is 0 Å². The van der Waals surface area contributed by atoms with Gasteiger partial charge in [-0.1, -0.05) is 26.7 Å². The molecule has 0 radical (unpaired) electrons. The second-order valence-electron chi connectivity index (χ2n) is 7.02. The molecule has 4 heteroatoms. The highest BCUT2D eigenvalue weighted by atomic mass is 16.2. The number of piperidine rings is 1. The van der Waals surface area contributed by atoms with Gasteiger partial charge in [-0.2, -0.15) is 0 Å². The van der Waals surface area contributed by atoms with Crippen LogP contribution in [0.4, 0.5) is 0 Å². The summed E-state index contributed by atoms with van der Waals surface area (Å²) in [6.45, 7) is 8.27. The quantitative estimate of drug-likeness (QED) is 0.814. The molecule has 2 unspecified atom stereocenters. The van der Waals surface area contributed by atoms with Crippen molar-refractivity contribution in [2.45, 2.75) is 71.0 Å². The first-order chi connectivity index (χ1) is 8.90. The summed E-state index contributed by atoms with van der Waals surface area (Å²) in [5, 5.41) is 3.20. The van der Waals surface area contributed by atoms with Crippen LogP contribution in [-0.4, -0.2) is 42.0 Å². The van der Waals surface area contributed by atoms with Crippen molar-refractivity contribution in [1.29, 1.82) is 0 Å². The maximum absolute atomic E-state index is 12.3. The van der Waals surface area contributed by atoms with Gasteiger partial charge < -0.3 is 11.1 Å². The Morgan fingerprint density at radius 3 is 2.53 bits per heavy atom. The van der Waals surface area contributed by atoms with E-state index in [1.807, 2.05) is 6.92 Å². The van der Waals surface area contributed by atoms with Gasteiger partial charge in [0, 0.05) is 25.2 Å². The van der Waals surface area contributed by atoms with Gasteiger partial charge in [0.15, 0.2) is 0 Å². The summed E-state index contributed by atoms with van der Waals surface area (Å²) in [6, 6.07) is 0.622. The van der Waals surface area contributed by atoms with Crippen molar-refractivity contribution in [2.75, 3.05) is 13.1 Å². The molecule has 2 rings (SSSR count). The van der Waals surface area contributed by atoms with Gasteiger partial charge in [-0.25, -0.2) is 0 Å². The third-order valence-electron chi connectivity index (χ3n) is 4.97. The summed E-state index contributed by atoms with van der Waals surface area (Å²) in [7, 11) is 0. The zero-order chi connectivity index (χ0) is 14.0. The standard InChI is InChI=1S/C15H29N3O/c1-11(14(19)17-12-6-4-5-7-12)18-9-8-13(16)15(2,3)10-18/h11-13H,4-10,16H2,1-3H3,(H,17,19). The van der Waals surface area contributed by atoms with E-state index in [0.29, 0.717) is 6.04 Å². The van der Waals surface area contributed by atoms with Gasteiger partial charge in [-0.15, -0.1) is 0 Å². The van der Waals surface area contributed by atoms with Crippen LogP contribution >= 0.6 is 0 Å². The molecule has 1 aliphatic carbocycles. The maximum Gasteiger partial charge on any atom is 0.237 e. The molecule has 1 saturated heterocycles. The van der Waals surface area contributed by atoms with Crippen LogP contribution in [0.3, 0.4) is 0 Å². The van der Waals surface area contributed by atoms with Crippen molar-refractivity contribution in [3.63, 3.8) is 0 Å². The first-order valence-electron chi connectivity index (χ1n) is 7.70. The van der Waals surface area contributed by atoms with Crippen molar-refractivity contribution in [3.8, 4) is 0 Å². The molecule has 0 bridgehead atoms. The minimum absolute atomic E-state index is 0.0348. The molecule has 0 spiro atoms. The summed E-state index contributed by atoms with van der Waals surface area (Å²) in [4.78, 5) is 14.6. The number of amides is 1.